The molecule has 0 aliphatic heterocycles. The van der Waals surface area contributed by atoms with E-state index in [2.05, 4.69) is 15.4 Å². The molecule has 0 fully saturated rings. The number of aromatic nitrogens is 3. The van der Waals surface area contributed by atoms with E-state index in [-0.39, 0.29) is 12.5 Å². The van der Waals surface area contributed by atoms with Crippen molar-refractivity contribution in [3.05, 3.63) is 24.7 Å². The number of carboxylic acids is 1. The average molecular weight is 234 g/mol. The largest absolute Gasteiger partial charge is 0.481 e. The molecule has 0 bridgehead atoms. The minimum absolute atomic E-state index is 0.0768. The minimum atomic E-state index is -0.815. The lowest BCUT2D eigenvalue weighted by Gasteiger charge is -2.15. The van der Waals surface area contributed by atoms with Gasteiger partial charge in [0.05, 0.1) is 12.6 Å². The van der Waals surface area contributed by atoms with Gasteiger partial charge in [0.25, 0.3) is 0 Å². The van der Waals surface area contributed by atoms with Crippen molar-refractivity contribution in [2.45, 2.75) is 25.8 Å². The van der Waals surface area contributed by atoms with Gasteiger partial charge in [-0.2, -0.15) is 5.10 Å². The van der Waals surface area contributed by atoms with Gasteiger partial charge >= 0.3 is 5.97 Å². The van der Waals surface area contributed by atoms with Crippen LogP contribution in [0.2, 0.25) is 0 Å². The summed E-state index contributed by atoms with van der Waals surface area (Å²) in [4.78, 5) is 14.9. The Morgan fingerprint density at radius 1 is 1.59 bits per heavy atom. The number of anilines is 1. The zero-order valence-electron chi connectivity index (χ0n) is 9.50. The molecule has 0 spiro atoms. The van der Waals surface area contributed by atoms with Crippen LogP contribution in [-0.4, -0.2) is 31.7 Å². The molecule has 1 atom stereocenters. The summed E-state index contributed by atoms with van der Waals surface area (Å²) in [6.07, 6.45) is 5.87. The summed E-state index contributed by atoms with van der Waals surface area (Å²) in [7, 11) is 0. The van der Waals surface area contributed by atoms with Gasteiger partial charge in [-0.15, -0.1) is 0 Å². The van der Waals surface area contributed by atoms with Gasteiger partial charge in [0.2, 0.25) is 0 Å². The molecule has 90 valence electrons. The van der Waals surface area contributed by atoms with Gasteiger partial charge in [-0.3, -0.25) is 4.79 Å². The topological polar surface area (TPSA) is 79.5 Å². The van der Waals surface area contributed by atoms with Crippen molar-refractivity contribution in [1.29, 1.82) is 0 Å². The molecular weight excluding hydrogens is 220 g/mol. The number of nitrogens with one attached hydrogen (secondary N) is 1. The first-order chi connectivity index (χ1) is 8.20. The summed E-state index contributed by atoms with van der Waals surface area (Å²) in [5, 5.41) is 16.0. The van der Waals surface area contributed by atoms with Crippen LogP contribution < -0.4 is 5.32 Å². The molecular formula is C11H14N4O2. The Labute approximate surface area is 98.3 Å². The van der Waals surface area contributed by atoms with Gasteiger partial charge in [0.15, 0.2) is 5.82 Å². The summed E-state index contributed by atoms with van der Waals surface area (Å²) in [6.45, 7) is 1.94. The fourth-order valence-corrected chi connectivity index (χ4v) is 1.67. The number of hydrogen-bond acceptors (Lipinski definition) is 4. The van der Waals surface area contributed by atoms with Gasteiger partial charge in [0, 0.05) is 18.4 Å². The Hall–Kier alpha value is -2.11. The minimum Gasteiger partial charge on any atom is -0.481 e. The lowest BCUT2D eigenvalue weighted by atomic mass is 10.1. The van der Waals surface area contributed by atoms with Gasteiger partial charge < -0.3 is 10.4 Å². The molecule has 17 heavy (non-hydrogen) atoms. The van der Waals surface area contributed by atoms with Crippen LogP contribution in [0.15, 0.2) is 24.7 Å². The SMILES string of the molecule is CCC(CC(=O)O)Nc1nccn2nccc12. The number of aliphatic carboxylic acids is 1. The predicted octanol–water partition coefficient (Wildman–Crippen LogP) is 1.39. The van der Waals surface area contributed by atoms with E-state index in [1.165, 1.54) is 0 Å². The van der Waals surface area contributed by atoms with Crippen molar-refractivity contribution < 1.29 is 9.90 Å². The van der Waals surface area contributed by atoms with E-state index in [9.17, 15) is 4.79 Å². The summed E-state index contributed by atoms with van der Waals surface area (Å²) in [5.74, 6) is -0.150. The van der Waals surface area contributed by atoms with Crippen LogP contribution >= 0.6 is 0 Å². The molecule has 0 aliphatic carbocycles. The van der Waals surface area contributed by atoms with Gasteiger partial charge in [-0.25, -0.2) is 9.50 Å². The Bertz CT molecular complexity index is 523. The van der Waals surface area contributed by atoms with Crippen LogP contribution in [0.4, 0.5) is 5.82 Å². The molecule has 0 amide bonds. The molecule has 0 saturated heterocycles. The third kappa shape index (κ3) is 2.52. The average Bonchev–Trinajstić information content (AvgIpc) is 2.76. The van der Waals surface area contributed by atoms with Crippen LogP contribution in [0, 0.1) is 0 Å². The lowest BCUT2D eigenvalue weighted by Crippen LogP contribution is -2.23. The van der Waals surface area contributed by atoms with E-state index in [0.717, 1.165) is 11.9 Å². The summed E-state index contributed by atoms with van der Waals surface area (Å²) < 4.78 is 1.70. The van der Waals surface area contributed by atoms with E-state index < -0.39 is 5.97 Å². The molecule has 0 radical (unpaired) electrons. The first kappa shape index (κ1) is 11.4. The van der Waals surface area contributed by atoms with Crippen molar-refractivity contribution in [1.82, 2.24) is 14.6 Å². The second-order valence-electron chi connectivity index (χ2n) is 3.78. The maximum Gasteiger partial charge on any atom is 0.305 e. The number of carboxylic acid groups (broad SMARTS) is 1. The molecule has 0 saturated carbocycles. The number of carbonyl (C=O) groups is 1. The first-order valence-electron chi connectivity index (χ1n) is 5.47. The van der Waals surface area contributed by atoms with E-state index in [1.807, 2.05) is 13.0 Å². The fraction of sp³-hybridized carbons (Fsp3) is 0.364. The quantitative estimate of drug-likeness (QED) is 0.817. The zero-order chi connectivity index (χ0) is 12.3. The Kier molecular flexibility index (Phi) is 3.22. The first-order valence-corrected chi connectivity index (χ1v) is 5.47. The zero-order valence-corrected chi connectivity index (χ0v) is 9.50. The molecule has 2 rings (SSSR count). The lowest BCUT2D eigenvalue weighted by molar-refractivity contribution is -0.137. The van der Waals surface area contributed by atoms with E-state index >= 15 is 0 Å². The van der Waals surface area contributed by atoms with Crippen LogP contribution in [0.1, 0.15) is 19.8 Å². The number of nitrogens with zero attached hydrogens (tertiary/aromatic N) is 3. The van der Waals surface area contributed by atoms with Crippen molar-refractivity contribution in [3.8, 4) is 0 Å². The predicted molar refractivity (Wildman–Crippen MR) is 62.9 cm³/mol. The van der Waals surface area contributed by atoms with Crippen molar-refractivity contribution in [3.63, 3.8) is 0 Å². The van der Waals surface area contributed by atoms with Crippen LogP contribution in [0.5, 0.6) is 0 Å². The number of fused-ring (bicyclic) bond motifs is 1. The number of hydrogen-bond donors (Lipinski definition) is 2. The van der Waals surface area contributed by atoms with Crippen LogP contribution in [0.3, 0.4) is 0 Å². The Morgan fingerprint density at radius 3 is 3.12 bits per heavy atom. The normalized spacial score (nSPS) is 12.5. The molecule has 2 heterocycles. The van der Waals surface area contributed by atoms with Crippen molar-refractivity contribution in [2.75, 3.05) is 5.32 Å². The molecule has 0 aliphatic rings. The van der Waals surface area contributed by atoms with E-state index in [0.29, 0.717) is 5.82 Å². The molecule has 6 heteroatoms. The van der Waals surface area contributed by atoms with Crippen LogP contribution in [-0.2, 0) is 4.79 Å². The van der Waals surface area contributed by atoms with E-state index in [1.54, 1.807) is 23.1 Å². The second kappa shape index (κ2) is 4.82. The van der Waals surface area contributed by atoms with Crippen molar-refractivity contribution >= 4 is 17.3 Å². The summed E-state index contributed by atoms with van der Waals surface area (Å²) >= 11 is 0. The second-order valence-corrected chi connectivity index (χ2v) is 3.78. The van der Waals surface area contributed by atoms with Gasteiger partial charge in [0.1, 0.15) is 5.52 Å². The fourth-order valence-electron chi connectivity index (χ4n) is 1.67. The molecule has 0 aromatic carbocycles. The highest BCUT2D eigenvalue weighted by molar-refractivity contribution is 5.70. The Balaban J connectivity index is 2.21. The standard InChI is InChI=1S/C11H14N4O2/c1-2-8(7-10(16)17)14-11-9-3-4-13-15(9)6-5-12-11/h3-6,8H,2,7H2,1H3,(H,12,14)(H,16,17). The van der Waals surface area contributed by atoms with Gasteiger partial charge in [-0.05, 0) is 12.5 Å². The Morgan fingerprint density at radius 2 is 2.41 bits per heavy atom. The third-order valence-corrected chi connectivity index (χ3v) is 2.58. The third-order valence-electron chi connectivity index (χ3n) is 2.58. The summed E-state index contributed by atoms with van der Waals surface area (Å²) in [6, 6.07) is 1.71. The molecule has 2 aromatic heterocycles. The highest BCUT2D eigenvalue weighted by Gasteiger charge is 2.13. The smallest absolute Gasteiger partial charge is 0.305 e. The monoisotopic (exact) mass is 234 g/mol. The van der Waals surface area contributed by atoms with E-state index in [4.69, 9.17) is 5.11 Å². The van der Waals surface area contributed by atoms with Crippen LogP contribution in [0.25, 0.3) is 5.52 Å². The maximum absolute atomic E-state index is 10.7. The highest BCUT2D eigenvalue weighted by atomic mass is 16.4. The molecule has 2 N–H and O–H groups in total. The molecule has 1 unspecified atom stereocenters. The molecule has 6 nitrogen and oxygen atoms in total. The highest BCUT2D eigenvalue weighted by Crippen LogP contribution is 2.15. The van der Waals surface area contributed by atoms with Gasteiger partial charge in [-0.1, -0.05) is 6.92 Å². The summed E-state index contributed by atoms with van der Waals surface area (Å²) in [5.41, 5.74) is 0.844. The van der Waals surface area contributed by atoms with Crippen molar-refractivity contribution in [2.24, 2.45) is 0 Å². The number of rotatable bonds is 5. The molecule has 2 aromatic rings. The maximum atomic E-state index is 10.7.